The lowest BCUT2D eigenvalue weighted by Crippen LogP contribution is -2.12. The Morgan fingerprint density at radius 3 is 2.56 bits per heavy atom. The van der Waals surface area contributed by atoms with Gasteiger partial charge in [0.15, 0.2) is 0 Å². The molecular formula is C17H16ClN3O2S2. The van der Waals surface area contributed by atoms with Gasteiger partial charge in [0.25, 0.3) is 10.0 Å². The lowest BCUT2D eigenvalue weighted by molar-refractivity contribution is 0.603. The van der Waals surface area contributed by atoms with E-state index in [1.54, 1.807) is 30.5 Å². The molecule has 8 heteroatoms. The molecule has 2 aromatic heterocycles. The molecule has 130 valence electrons. The van der Waals surface area contributed by atoms with Gasteiger partial charge in [-0.05, 0) is 42.8 Å². The minimum Gasteiger partial charge on any atom is -0.353 e. The number of hydrogen-bond acceptors (Lipinski definition) is 5. The Morgan fingerprint density at radius 2 is 1.92 bits per heavy atom. The quantitative estimate of drug-likeness (QED) is 0.624. The highest BCUT2D eigenvalue weighted by molar-refractivity contribution is 7.94. The van der Waals surface area contributed by atoms with Gasteiger partial charge in [0, 0.05) is 4.88 Å². The number of benzene rings is 1. The van der Waals surface area contributed by atoms with Crippen molar-refractivity contribution < 1.29 is 8.42 Å². The lowest BCUT2D eigenvalue weighted by Gasteiger charge is -2.09. The summed E-state index contributed by atoms with van der Waals surface area (Å²) in [4.78, 5) is 5.17. The fraction of sp³-hybridized carbons (Fsp3) is 0.118. The molecular weight excluding hydrogens is 378 g/mol. The Balaban J connectivity index is 1.73. The van der Waals surface area contributed by atoms with Crippen molar-refractivity contribution in [2.45, 2.75) is 17.6 Å². The van der Waals surface area contributed by atoms with Gasteiger partial charge >= 0.3 is 0 Å². The second-order valence-electron chi connectivity index (χ2n) is 5.22. The predicted molar refractivity (Wildman–Crippen MR) is 103 cm³/mol. The van der Waals surface area contributed by atoms with Crippen LogP contribution in [0.2, 0.25) is 5.02 Å². The third-order valence-corrected chi connectivity index (χ3v) is 6.81. The van der Waals surface area contributed by atoms with Gasteiger partial charge < -0.3 is 5.32 Å². The Labute approximate surface area is 155 Å². The summed E-state index contributed by atoms with van der Waals surface area (Å²) in [7, 11) is -3.62. The molecule has 0 aliphatic rings. The van der Waals surface area contributed by atoms with E-state index in [1.165, 1.54) is 11.3 Å². The van der Waals surface area contributed by atoms with Crippen molar-refractivity contribution in [1.29, 1.82) is 0 Å². The molecule has 0 spiro atoms. The zero-order valence-corrected chi connectivity index (χ0v) is 15.8. The maximum atomic E-state index is 12.4. The molecule has 0 atom stereocenters. The van der Waals surface area contributed by atoms with Crippen LogP contribution < -0.4 is 10.0 Å². The molecule has 3 aromatic rings. The number of pyridine rings is 1. The minimum atomic E-state index is -3.62. The molecule has 0 saturated carbocycles. The number of hydrogen-bond donors (Lipinski definition) is 2. The first-order valence-corrected chi connectivity index (χ1v) is 10.2. The number of para-hydroxylation sites is 1. The van der Waals surface area contributed by atoms with Crippen LogP contribution in [0.1, 0.15) is 11.8 Å². The van der Waals surface area contributed by atoms with E-state index in [-0.39, 0.29) is 10.0 Å². The van der Waals surface area contributed by atoms with E-state index in [0.29, 0.717) is 10.7 Å². The summed E-state index contributed by atoms with van der Waals surface area (Å²) in [6, 6.07) is 14.1. The van der Waals surface area contributed by atoms with Crippen molar-refractivity contribution in [3.63, 3.8) is 0 Å². The molecule has 5 nitrogen and oxygen atoms in total. The summed E-state index contributed by atoms with van der Waals surface area (Å²) in [5.74, 6) is 0.260. The summed E-state index contributed by atoms with van der Waals surface area (Å²) in [6.07, 6.45) is 2.36. The van der Waals surface area contributed by atoms with Crippen molar-refractivity contribution in [2.75, 3.05) is 10.0 Å². The van der Waals surface area contributed by atoms with Gasteiger partial charge in [0.1, 0.15) is 10.0 Å². The number of anilines is 3. The molecule has 0 saturated heterocycles. The maximum absolute atomic E-state index is 12.4. The second kappa shape index (κ2) is 7.43. The number of sulfonamides is 1. The Hall–Kier alpha value is -2.09. The number of halogens is 1. The van der Waals surface area contributed by atoms with Gasteiger partial charge in [-0.2, -0.15) is 0 Å². The van der Waals surface area contributed by atoms with Crippen molar-refractivity contribution in [2.24, 2.45) is 0 Å². The van der Waals surface area contributed by atoms with Gasteiger partial charge in [-0.25, -0.2) is 13.4 Å². The zero-order chi connectivity index (χ0) is 17.9. The summed E-state index contributed by atoms with van der Waals surface area (Å²) in [6.45, 7) is 1.99. The van der Waals surface area contributed by atoms with Gasteiger partial charge in [0.05, 0.1) is 22.6 Å². The van der Waals surface area contributed by atoms with E-state index in [2.05, 4.69) is 15.0 Å². The number of thiophene rings is 1. The number of aromatic nitrogens is 1. The minimum absolute atomic E-state index is 0.260. The van der Waals surface area contributed by atoms with Crippen molar-refractivity contribution in [1.82, 2.24) is 4.98 Å². The average molecular weight is 394 g/mol. The standard InChI is InChI=1S/C17H16ClN3O2S2/c1-2-13-8-10-17(24-13)25(22,23)21-16-9-7-12(11-19-16)20-15-6-4-3-5-14(15)18/h3-11,20H,2H2,1H3,(H,19,21). The molecule has 1 aromatic carbocycles. The fourth-order valence-corrected chi connectivity index (χ4v) is 4.61. The van der Waals surface area contributed by atoms with Crippen molar-refractivity contribution in [3.05, 3.63) is 64.6 Å². The molecule has 25 heavy (non-hydrogen) atoms. The van der Waals surface area contributed by atoms with Crippen LogP contribution in [0.5, 0.6) is 0 Å². The largest absolute Gasteiger partial charge is 0.353 e. The van der Waals surface area contributed by atoms with E-state index < -0.39 is 10.0 Å². The summed E-state index contributed by atoms with van der Waals surface area (Å²) < 4.78 is 27.5. The first-order chi connectivity index (χ1) is 12.0. The average Bonchev–Trinajstić information content (AvgIpc) is 3.09. The van der Waals surface area contributed by atoms with Gasteiger partial charge in [-0.15, -0.1) is 11.3 Å². The topological polar surface area (TPSA) is 71.1 Å². The predicted octanol–water partition coefficient (Wildman–Crippen LogP) is 4.90. The van der Waals surface area contributed by atoms with Crippen LogP contribution in [0, 0.1) is 0 Å². The SMILES string of the molecule is CCc1ccc(S(=O)(=O)Nc2ccc(Nc3ccccc3Cl)cn2)s1. The van der Waals surface area contributed by atoms with E-state index in [0.717, 1.165) is 17.0 Å². The van der Waals surface area contributed by atoms with Crippen LogP contribution in [0.3, 0.4) is 0 Å². The number of aryl methyl sites for hydroxylation is 1. The van der Waals surface area contributed by atoms with Crippen LogP contribution in [0.15, 0.2) is 58.9 Å². The molecule has 0 aliphatic heterocycles. The normalized spacial score (nSPS) is 11.3. The molecule has 2 heterocycles. The van der Waals surface area contributed by atoms with Crippen LogP contribution >= 0.6 is 22.9 Å². The maximum Gasteiger partial charge on any atom is 0.272 e. The first kappa shape index (κ1) is 17.7. The van der Waals surface area contributed by atoms with Crippen LogP contribution in [-0.4, -0.2) is 13.4 Å². The molecule has 0 amide bonds. The third kappa shape index (κ3) is 4.31. The van der Waals surface area contributed by atoms with E-state index >= 15 is 0 Å². The fourth-order valence-electron chi connectivity index (χ4n) is 2.13. The Bertz CT molecular complexity index is 970. The zero-order valence-electron chi connectivity index (χ0n) is 13.4. The number of rotatable bonds is 6. The van der Waals surface area contributed by atoms with Crippen LogP contribution in [0.25, 0.3) is 0 Å². The van der Waals surface area contributed by atoms with E-state index in [9.17, 15) is 8.42 Å². The van der Waals surface area contributed by atoms with Gasteiger partial charge in [0.2, 0.25) is 0 Å². The molecule has 2 N–H and O–H groups in total. The third-order valence-electron chi connectivity index (χ3n) is 3.41. The number of nitrogens with zero attached hydrogens (tertiary/aromatic N) is 1. The van der Waals surface area contributed by atoms with Crippen LogP contribution in [0.4, 0.5) is 17.2 Å². The number of nitrogens with one attached hydrogen (secondary N) is 2. The van der Waals surface area contributed by atoms with E-state index in [4.69, 9.17) is 11.6 Å². The summed E-state index contributed by atoms with van der Waals surface area (Å²) in [5, 5.41) is 3.73. The lowest BCUT2D eigenvalue weighted by atomic mass is 10.3. The van der Waals surface area contributed by atoms with Crippen LogP contribution in [-0.2, 0) is 16.4 Å². The summed E-state index contributed by atoms with van der Waals surface area (Å²) >= 11 is 7.36. The monoisotopic (exact) mass is 393 g/mol. The highest BCUT2D eigenvalue weighted by Gasteiger charge is 2.17. The molecule has 3 rings (SSSR count). The molecule has 0 bridgehead atoms. The van der Waals surface area contributed by atoms with Gasteiger partial charge in [-0.3, -0.25) is 4.72 Å². The first-order valence-electron chi connectivity index (χ1n) is 7.57. The smallest absolute Gasteiger partial charge is 0.272 e. The van der Waals surface area contributed by atoms with Crippen molar-refractivity contribution >= 4 is 50.2 Å². The Kier molecular flexibility index (Phi) is 5.27. The highest BCUT2D eigenvalue weighted by Crippen LogP contribution is 2.26. The molecule has 0 radical (unpaired) electrons. The summed E-state index contributed by atoms with van der Waals surface area (Å²) in [5.41, 5.74) is 1.46. The highest BCUT2D eigenvalue weighted by atomic mass is 35.5. The van der Waals surface area contributed by atoms with E-state index in [1.807, 2.05) is 31.2 Å². The molecule has 0 unspecified atom stereocenters. The van der Waals surface area contributed by atoms with Gasteiger partial charge in [-0.1, -0.05) is 30.7 Å². The van der Waals surface area contributed by atoms with Crippen molar-refractivity contribution in [3.8, 4) is 0 Å². The Morgan fingerprint density at radius 1 is 1.12 bits per heavy atom. The second-order valence-corrected chi connectivity index (χ2v) is 8.70. The molecule has 0 fully saturated rings. The molecule has 0 aliphatic carbocycles.